The fraction of sp³-hybridized carbons (Fsp3) is 0.571. The van der Waals surface area contributed by atoms with Crippen molar-refractivity contribution in [1.82, 2.24) is 5.32 Å². The number of nitro benzene ring substituents is 1. The van der Waals surface area contributed by atoms with Crippen molar-refractivity contribution in [3.8, 4) is 5.75 Å². The molecule has 1 rings (SSSR count). The Morgan fingerprint density at radius 2 is 2.00 bits per heavy atom. The number of hydrogen-bond donors (Lipinski definition) is 1. The quantitative estimate of drug-likeness (QED) is 0.423. The van der Waals surface area contributed by atoms with E-state index in [-0.39, 0.29) is 5.69 Å². The maximum Gasteiger partial charge on any atom is 0.269 e. The fourth-order valence-corrected chi connectivity index (χ4v) is 1.89. The monoisotopic (exact) mass is 266 g/mol. The molecule has 0 amide bonds. The zero-order chi connectivity index (χ0) is 14.1. The summed E-state index contributed by atoms with van der Waals surface area (Å²) in [4.78, 5) is 10.1. The maximum absolute atomic E-state index is 10.5. The Balaban J connectivity index is 2.27. The third-order valence-corrected chi connectivity index (χ3v) is 2.98. The number of nitrogens with one attached hydrogen (secondary N) is 1. The van der Waals surface area contributed by atoms with E-state index >= 15 is 0 Å². The molecule has 0 aliphatic heterocycles. The summed E-state index contributed by atoms with van der Waals surface area (Å²) in [5, 5.41) is 13.9. The molecular formula is C14H22N2O3. The van der Waals surface area contributed by atoms with Crippen molar-refractivity contribution in [3.05, 3.63) is 34.4 Å². The lowest BCUT2D eigenvalue weighted by atomic mass is 10.1. The van der Waals surface area contributed by atoms with Crippen LogP contribution in [-0.4, -0.2) is 24.1 Å². The lowest BCUT2D eigenvalue weighted by Gasteiger charge is -2.16. The van der Waals surface area contributed by atoms with Crippen LogP contribution in [0.15, 0.2) is 24.3 Å². The highest BCUT2D eigenvalue weighted by Crippen LogP contribution is 2.16. The molecule has 1 unspecified atom stereocenters. The van der Waals surface area contributed by atoms with E-state index in [0.717, 1.165) is 13.0 Å². The van der Waals surface area contributed by atoms with Crippen LogP contribution in [0.25, 0.3) is 0 Å². The second-order valence-corrected chi connectivity index (χ2v) is 4.45. The van der Waals surface area contributed by atoms with Gasteiger partial charge >= 0.3 is 0 Å². The van der Waals surface area contributed by atoms with E-state index in [1.165, 1.54) is 25.0 Å². The molecule has 0 aliphatic rings. The molecule has 0 saturated heterocycles. The van der Waals surface area contributed by atoms with Gasteiger partial charge in [-0.3, -0.25) is 10.1 Å². The molecule has 0 fully saturated rings. The lowest BCUT2D eigenvalue weighted by Crippen LogP contribution is -2.31. The third kappa shape index (κ3) is 5.70. The third-order valence-electron chi connectivity index (χ3n) is 2.98. The fourth-order valence-electron chi connectivity index (χ4n) is 1.89. The van der Waals surface area contributed by atoms with E-state index in [9.17, 15) is 10.1 Å². The summed E-state index contributed by atoms with van der Waals surface area (Å²) in [5.74, 6) is 0.663. The normalized spacial score (nSPS) is 12.1. The van der Waals surface area contributed by atoms with Gasteiger partial charge in [0, 0.05) is 24.7 Å². The minimum absolute atomic E-state index is 0.0828. The minimum Gasteiger partial charge on any atom is -0.492 e. The first-order valence-electron chi connectivity index (χ1n) is 6.78. The molecule has 5 heteroatoms. The summed E-state index contributed by atoms with van der Waals surface area (Å²) >= 11 is 0. The van der Waals surface area contributed by atoms with Crippen LogP contribution in [0.4, 0.5) is 5.69 Å². The zero-order valence-electron chi connectivity index (χ0n) is 11.6. The van der Waals surface area contributed by atoms with E-state index < -0.39 is 4.92 Å². The van der Waals surface area contributed by atoms with Crippen LogP contribution in [0.2, 0.25) is 0 Å². The molecule has 1 N–H and O–H groups in total. The largest absolute Gasteiger partial charge is 0.492 e. The van der Waals surface area contributed by atoms with Crippen LogP contribution in [0.3, 0.4) is 0 Å². The van der Waals surface area contributed by atoms with Crippen molar-refractivity contribution in [2.45, 2.75) is 39.2 Å². The van der Waals surface area contributed by atoms with Crippen molar-refractivity contribution < 1.29 is 9.66 Å². The van der Waals surface area contributed by atoms with Crippen molar-refractivity contribution in [1.29, 1.82) is 0 Å². The van der Waals surface area contributed by atoms with E-state index in [4.69, 9.17) is 4.74 Å². The van der Waals surface area contributed by atoms with Crippen molar-refractivity contribution >= 4 is 5.69 Å². The maximum atomic E-state index is 10.5. The van der Waals surface area contributed by atoms with Gasteiger partial charge < -0.3 is 10.1 Å². The summed E-state index contributed by atoms with van der Waals surface area (Å²) in [5.41, 5.74) is 0.0828. The molecule has 19 heavy (non-hydrogen) atoms. The molecular weight excluding hydrogens is 244 g/mol. The topological polar surface area (TPSA) is 64.4 Å². The van der Waals surface area contributed by atoms with Crippen LogP contribution in [0.5, 0.6) is 5.75 Å². The molecule has 106 valence electrons. The second kappa shape index (κ2) is 8.48. The van der Waals surface area contributed by atoms with Crippen LogP contribution < -0.4 is 10.1 Å². The van der Waals surface area contributed by atoms with Gasteiger partial charge in [0.1, 0.15) is 12.4 Å². The van der Waals surface area contributed by atoms with Gasteiger partial charge in [0.15, 0.2) is 0 Å². The highest BCUT2D eigenvalue weighted by atomic mass is 16.6. The number of non-ortho nitro benzene ring substituents is 1. The first-order chi connectivity index (χ1) is 9.17. The van der Waals surface area contributed by atoms with Gasteiger partial charge in [0.05, 0.1) is 4.92 Å². The van der Waals surface area contributed by atoms with Gasteiger partial charge in [-0.15, -0.1) is 0 Å². The molecule has 5 nitrogen and oxygen atoms in total. The van der Waals surface area contributed by atoms with Crippen LogP contribution in [-0.2, 0) is 0 Å². The first-order valence-corrected chi connectivity index (χ1v) is 6.78. The number of hydrogen-bond acceptors (Lipinski definition) is 4. The Morgan fingerprint density at radius 1 is 1.32 bits per heavy atom. The summed E-state index contributed by atoms with van der Waals surface area (Å²) < 4.78 is 5.53. The predicted molar refractivity (Wildman–Crippen MR) is 75.6 cm³/mol. The van der Waals surface area contributed by atoms with E-state index in [0.29, 0.717) is 18.4 Å². The smallest absolute Gasteiger partial charge is 0.269 e. The van der Waals surface area contributed by atoms with Crippen molar-refractivity contribution in [2.24, 2.45) is 0 Å². The molecule has 0 saturated carbocycles. The van der Waals surface area contributed by atoms with Gasteiger partial charge in [0.25, 0.3) is 5.69 Å². The lowest BCUT2D eigenvalue weighted by molar-refractivity contribution is -0.384. The van der Waals surface area contributed by atoms with Crippen LogP contribution >= 0.6 is 0 Å². The summed E-state index contributed by atoms with van der Waals surface area (Å²) in [6, 6.07) is 6.71. The Bertz CT molecular complexity index is 379. The zero-order valence-corrected chi connectivity index (χ0v) is 11.6. The number of rotatable bonds is 9. The van der Waals surface area contributed by atoms with E-state index in [2.05, 4.69) is 19.2 Å². The highest BCUT2D eigenvalue weighted by Gasteiger charge is 2.05. The Kier molecular flexibility index (Phi) is 6.89. The minimum atomic E-state index is -0.415. The van der Waals surface area contributed by atoms with Crippen molar-refractivity contribution in [2.75, 3.05) is 13.2 Å². The van der Waals surface area contributed by atoms with Gasteiger partial charge in [0.2, 0.25) is 0 Å². The molecule has 1 aromatic carbocycles. The molecule has 0 bridgehead atoms. The standard InChI is InChI=1S/C14H22N2O3/c1-3-5-12(4-2)15-10-11-19-14-8-6-13(7-9-14)16(17)18/h6-9,12,15H,3-5,10-11H2,1-2H3. The second-order valence-electron chi connectivity index (χ2n) is 4.45. The summed E-state index contributed by atoms with van der Waals surface area (Å²) in [7, 11) is 0. The molecule has 0 spiro atoms. The van der Waals surface area contributed by atoms with Crippen LogP contribution in [0.1, 0.15) is 33.1 Å². The molecule has 1 aromatic rings. The molecule has 0 aromatic heterocycles. The molecule has 1 atom stereocenters. The molecule has 0 aliphatic carbocycles. The number of ether oxygens (including phenoxy) is 1. The SMILES string of the molecule is CCCC(CC)NCCOc1ccc([N+](=O)[O-])cc1. The summed E-state index contributed by atoms with van der Waals surface area (Å²) in [6.07, 6.45) is 3.47. The van der Waals surface area contributed by atoms with Gasteiger partial charge in [-0.1, -0.05) is 20.3 Å². The average Bonchev–Trinajstić information content (AvgIpc) is 2.42. The Hall–Kier alpha value is -1.62. The average molecular weight is 266 g/mol. The van der Waals surface area contributed by atoms with Crippen molar-refractivity contribution in [3.63, 3.8) is 0 Å². The van der Waals surface area contributed by atoms with E-state index in [1.807, 2.05) is 0 Å². The predicted octanol–water partition coefficient (Wildman–Crippen LogP) is 3.14. The number of nitrogens with zero attached hydrogens (tertiary/aromatic N) is 1. The summed E-state index contributed by atoms with van der Waals surface area (Å²) in [6.45, 7) is 5.70. The van der Waals surface area contributed by atoms with Gasteiger partial charge in [-0.25, -0.2) is 0 Å². The number of benzene rings is 1. The highest BCUT2D eigenvalue weighted by molar-refractivity contribution is 5.35. The van der Waals surface area contributed by atoms with Crippen LogP contribution in [0, 0.1) is 10.1 Å². The molecule has 0 radical (unpaired) electrons. The first kappa shape index (κ1) is 15.4. The molecule has 0 heterocycles. The Labute approximate surface area is 114 Å². The van der Waals surface area contributed by atoms with Gasteiger partial charge in [-0.05, 0) is 25.0 Å². The van der Waals surface area contributed by atoms with Gasteiger partial charge in [-0.2, -0.15) is 0 Å². The van der Waals surface area contributed by atoms with E-state index in [1.54, 1.807) is 12.1 Å². The Morgan fingerprint density at radius 3 is 2.53 bits per heavy atom. The number of nitro groups is 1.